The minimum atomic E-state index is -4.40. The number of nitrogens with zero attached hydrogens (tertiary/aromatic N) is 3. The van der Waals surface area contributed by atoms with E-state index in [1.165, 1.54) is 0 Å². The Morgan fingerprint density at radius 3 is 2.50 bits per heavy atom. The number of aliphatic hydroxyl groups is 1. The summed E-state index contributed by atoms with van der Waals surface area (Å²) in [6.45, 7) is 8.32. The van der Waals surface area contributed by atoms with E-state index in [1.807, 2.05) is 39.8 Å². The van der Waals surface area contributed by atoms with Crippen LogP contribution in [0.3, 0.4) is 0 Å². The second kappa shape index (κ2) is 7.31. The summed E-state index contributed by atoms with van der Waals surface area (Å²) in [4.78, 5) is 13.2. The first kappa shape index (κ1) is 22.9. The largest absolute Gasteiger partial charge is 0.454 e. The highest BCUT2D eigenvalue weighted by Crippen LogP contribution is 2.68. The Morgan fingerprint density at radius 2 is 1.85 bits per heavy atom. The first-order chi connectivity index (χ1) is 15.8. The van der Waals surface area contributed by atoms with Crippen molar-refractivity contribution in [1.82, 2.24) is 15.0 Å². The van der Waals surface area contributed by atoms with Crippen LogP contribution < -0.4 is 10.6 Å². The van der Waals surface area contributed by atoms with Crippen LogP contribution in [-0.4, -0.2) is 44.4 Å². The molecule has 3 aromatic rings. The highest BCUT2D eigenvalue weighted by atomic mass is 19.4. The van der Waals surface area contributed by atoms with Gasteiger partial charge in [0.25, 0.3) is 0 Å². The zero-order valence-corrected chi connectivity index (χ0v) is 19.8. The first-order valence-electron chi connectivity index (χ1n) is 11.4. The van der Waals surface area contributed by atoms with Crippen molar-refractivity contribution in [3.05, 3.63) is 29.2 Å². The van der Waals surface area contributed by atoms with Gasteiger partial charge in [0.05, 0.1) is 23.1 Å². The fourth-order valence-corrected chi connectivity index (χ4v) is 5.65. The van der Waals surface area contributed by atoms with Crippen LogP contribution in [0.15, 0.2) is 16.5 Å². The molecule has 0 spiro atoms. The molecule has 2 aliphatic carbocycles. The molecule has 7 nitrogen and oxygen atoms in total. The minimum absolute atomic E-state index is 0.120. The SMILES string of the molecule is Cc1cc2cc(-c3c(C)nc(NCC(F)(F)F)nc3N[C@@]3(C)CC[C@@H]4C(O)[C@@]43C)oc2c(C)n1. The molecule has 0 saturated heterocycles. The molecular weight excluding hydrogens is 447 g/mol. The Labute approximate surface area is 195 Å². The van der Waals surface area contributed by atoms with Crippen LogP contribution in [0.5, 0.6) is 0 Å². The van der Waals surface area contributed by atoms with Crippen LogP contribution in [0.4, 0.5) is 24.9 Å². The standard InChI is InChI=1S/C24H28F3N5O2/c1-11-8-14-9-16(34-18(14)13(3)29-11)17-12(2)30-21(28-10-24(25,26)27)31-20(17)32-22(4)7-6-15-19(33)23(15,22)5/h8-9,15,19,33H,6-7,10H2,1-5H3,(H2,28,30,31,32)/t15-,19?,22+,23-/m1/s1. The van der Waals surface area contributed by atoms with Crippen LogP contribution in [0.1, 0.15) is 43.8 Å². The number of hydrogen-bond donors (Lipinski definition) is 3. The van der Waals surface area contributed by atoms with Gasteiger partial charge in [-0.25, -0.2) is 4.98 Å². The molecule has 0 aromatic carbocycles. The van der Waals surface area contributed by atoms with Crippen LogP contribution in [0.2, 0.25) is 0 Å². The molecule has 5 rings (SSSR count). The summed E-state index contributed by atoms with van der Waals surface area (Å²) in [6, 6.07) is 3.80. The van der Waals surface area contributed by atoms with E-state index in [0.29, 0.717) is 28.4 Å². The molecule has 3 heterocycles. The molecule has 2 fully saturated rings. The summed E-state index contributed by atoms with van der Waals surface area (Å²) in [7, 11) is 0. The van der Waals surface area contributed by atoms with Gasteiger partial charge in [0.1, 0.15) is 18.1 Å². The fraction of sp³-hybridized carbons (Fsp3) is 0.542. The number of rotatable bonds is 5. The van der Waals surface area contributed by atoms with E-state index >= 15 is 0 Å². The number of aliphatic hydroxyl groups excluding tert-OH is 1. The number of pyridine rings is 1. The topological polar surface area (TPSA) is 96.1 Å². The van der Waals surface area contributed by atoms with Gasteiger partial charge in [0.15, 0.2) is 5.58 Å². The number of aromatic nitrogens is 3. The number of halogens is 3. The summed E-state index contributed by atoms with van der Waals surface area (Å²) in [5, 5.41) is 17.2. The van der Waals surface area contributed by atoms with Crippen LogP contribution >= 0.6 is 0 Å². The van der Waals surface area contributed by atoms with E-state index in [4.69, 9.17) is 4.42 Å². The first-order valence-corrected chi connectivity index (χ1v) is 11.4. The number of fused-ring (bicyclic) bond motifs is 2. The van der Waals surface area contributed by atoms with Gasteiger partial charge in [-0.15, -0.1) is 0 Å². The molecular formula is C24H28F3N5O2. The number of anilines is 2. The predicted octanol–water partition coefficient (Wildman–Crippen LogP) is 5.15. The molecule has 0 amide bonds. The lowest BCUT2D eigenvalue weighted by molar-refractivity contribution is -0.115. The lowest BCUT2D eigenvalue weighted by Crippen LogP contribution is -2.43. The number of hydrogen-bond acceptors (Lipinski definition) is 7. The lowest BCUT2D eigenvalue weighted by Gasteiger charge is -2.36. The summed E-state index contributed by atoms with van der Waals surface area (Å²) in [6.07, 6.45) is -3.15. The molecule has 4 atom stereocenters. The number of alkyl halides is 3. The molecule has 3 N–H and O–H groups in total. The van der Waals surface area contributed by atoms with E-state index in [2.05, 4.69) is 25.6 Å². The maximum atomic E-state index is 12.8. The van der Waals surface area contributed by atoms with Crippen molar-refractivity contribution in [2.24, 2.45) is 11.3 Å². The molecule has 1 unspecified atom stereocenters. The molecule has 2 aliphatic rings. The summed E-state index contributed by atoms with van der Waals surface area (Å²) < 4.78 is 44.7. The van der Waals surface area contributed by atoms with Gasteiger partial charge >= 0.3 is 6.18 Å². The summed E-state index contributed by atoms with van der Waals surface area (Å²) in [5.74, 6) is 0.960. The molecule has 0 bridgehead atoms. The lowest BCUT2D eigenvalue weighted by atomic mass is 9.84. The van der Waals surface area contributed by atoms with Gasteiger partial charge in [-0.2, -0.15) is 18.2 Å². The maximum Gasteiger partial charge on any atom is 0.405 e. The Balaban J connectivity index is 1.61. The van der Waals surface area contributed by atoms with E-state index in [1.54, 1.807) is 6.92 Å². The van der Waals surface area contributed by atoms with Crippen LogP contribution in [0, 0.1) is 32.1 Å². The maximum absolute atomic E-state index is 12.8. The normalized spacial score (nSPS) is 28.3. The van der Waals surface area contributed by atoms with Crippen molar-refractivity contribution in [2.75, 3.05) is 17.2 Å². The van der Waals surface area contributed by atoms with Gasteiger partial charge < -0.3 is 20.2 Å². The molecule has 0 aliphatic heterocycles. The Bertz CT molecular complexity index is 1290. The van der Waals surface area contributed by atoms with Gasteiger partial charge in [-0.1, -0.05) is 6.92 Å². The van der Waals surface area contributed by atoms with Crippen LogP contribution in [0.25, 0.3) is 22.3 Å². The minimum Gasteiger partial charge on any atom is -0.454 e. The average Bonchev–Trinajstić information content (AvgIpc) is 3.00. The second-order valence-electron chi connectivity index (χ2n) is 10.0. The van der Waals surface area contributed by atoms with E-state index in [0.717, 1.165) is 29.6 Å². The highest BCUT2D eigenvalue weighted by molar-refractivity contribution is 5.87. The fourth-order valence-electron chi connectivity index (χ4n) is 5.65. The zero-order chi connectivity index (χ0) is 24.6. The zero-order valence-electron chi connectivity index (χ0n) is 19.8. The molecule has 182 valence electrons. The highest BCUT2D eigenvalue weighted by Gasteiger charge is 2.73. The Hall–Kier alpha value is -2.88. The number of aryl methyl sites for hydroxylation is 3. The average molecular weight is 476 g/mol. The molecule has 34 heavy (non-hydrogen) atoms. The van der Waals surface area contributed by atoms with Gasteiger partial charge in [0.2, 0.25) is 5.95 Å². The van der Waals surface area contributed by atoms with Crippen molar-refractivity contribution in [3.8, 4) is 11.3 Å². The van der Waals surface area contributed by atoms with Crippen LogP contribution in [-0.2, 0) is 0 Å². The van der Waals surface area contributed by atoms with Gasteiger partial charge in [0, 0.05) is 22.0 Å². The molecule has 0 radical (unpaired) electrons. The number of furan rings is 1. The van der Waals surface area contributed by atoms with Crippen molar-refractivity contribution in [2.45, 2.75) is 65.3 Å². The summed E-state index contributed by atoms with van der Waals surface area (Å²) >= 11 is 0. The quantitative estimate of drug-likeness (QED) is 0.470. The molecule has 3 aromatic heterocycles. The third-order valence-electron chi connectivity index (χ3n) is 7.78. The second-order valence-corrected chi connectivity index (χ2v) is 10.0. The summed E-state index contributed by atoms with van der Waals surface area (Å²) in [5.41, 5.74) is 2.47. The van der Waals surface area contributed by atoms with Crippen molar-refractivity contribution < 1.29 is 22.7 Å². The number of nitrogens with one attached hydrogen (secondary N) is 2. The van der Waals surface area contributed by atoms with E-state index < -0.39 is 24.4 Å². The van der Waals surface area contributed by atoms with Gasteiger partial charge in [-0.3, -0.25) is 4.98 Å². The monoisotopic (exact) mass is 475 g/mol. The smallest absolute Gasteiger partial charge is 0.405 e. The van der Waals surface area contributed by atoms with Crippen molar-refractivity contribution >= 4 is 22.7 Å². The van der Waals surface area contributed by atoms with Crippen molar-refractivity contribution in [1.29, 1.82) is 0 Å². The molecule has 2 saturated carbocycles. The third-order valence-corrected chi connectivity index (χ3v) is 7.78. The van der Waals surface area contributed by atoms with Crippen molar-refractivity contribution in [3.63, 3.8) is 0 Å². The Morgan fingerprint density at radius 1 is 1.12 bits per heavy atom. The van der Waals surface area contributed by atoms with E-state index in [9.17, 15) is 18.3 Å². The third kappa shape index (κ3) is 3.50. The molecule has 10 heteroatoms. The van der Waals surface area contributed by atoms with E-state index in [-0.39, 0.29) is 17.3 Å². The predicted molar refractivity (Wildman–Crippen MR) is 123 cm³/mol. The van der Waals surface area contributed by atoms with Gasteiger partial charge in [-0.05, 0) is 58.6 Å². The Kier molecular flexibility index (Phi) is 4.92.